The van der Waals surface area contributed by atoms with Crippen LogP contribution in [0, 0.1) is 11.6 Å². The van der Waals surface area contributed by atoms with E-state index in [2.05, 4.69) is 15.6 Å². The minimum absolute atomic E-state index is 0.0351. The lowest BCUT2D eigenvalue weighted by Crippen LogP contribution is -2.43. The van der Waals surface area contributed by atoms with Crippen molar-refractivity contribution in [2.75, 3.05) is 12.4 Å². The highest BCUT2D eigenvalue weighted by Crippen LogP contribution is 2.30. The maximum absolute atomic E-state index is 14.2. The van der Waals surface area contributed by atoms with Crippen LogP contribution in [-0.2, 0) is 0 Å². The zero-order valence-electron chi connectivity index (χ0n) is 15.2. The molecular weight excluding hydrogens is 384 g/mol. The van der Waals surface area contributed by atoms with Gasteiger partial charge in [-0.1, -0.05) is 17.4 Å². The molecule has 0 bridgehead atoms. The van der Waals surface area contributed by atoms with Gasteiger partial charge in [-0.2, -0.15) is 0 Å². The maximum atomic E-state index is 14.2. The molecule has 1 aliphatic rings. The van der Waals surface area contributed by atoms with E-state index in [-0.39, 0.29) is 29.2 Å². The third-order valence-electron chi connectivity index (χ3n) is 4.91. The van der Waals surface area contributed by atoms with Gasteiger partial charge < -0.3 is 15.4 Å². The Labute approximate surface area is 164 Å². The summed E-state index contributed by atoms with van der Waals surface area (Å²) in [7, 11) is 1.40. The lowest BCUT2D eigenvalue weighted by atomic mass is 10.1. The fourth-order valence-corrected chi connectivity index (χ4v) is 4.51. The van der Waals surface area contributed by atoms with Crippen molar-refractivity contribution < 1.29 is 18.3 Å². The smallest absolute Gasteiger partial charge is 0.258 e. The highest BCUT2D eigenvalue weighted by Gasteiger charge is 2.31. The SMILES string of the molecule is COc1cccc(F)c1C(=O)NC1CCCC1Nc1nc2ccc(F)cc2s1. The first-order valence-corrected chi connectivity index (χ1v) is 9.83. The molecule has 1 aromatic heterocycles. The van der Waals surface area contributed by atoms with Gasteiger partial charge in [-0.05, 0) is 49.6 Å². The summed E-state index contributed by atoms with van der Waals surface area (Å²) in [6.07, 6.45) is 2.56. The number of hydrogen-bond donors (Lipinski definition) is 2. The number of amides is 1. The van der Waals surface area contributed by atoms with Crippen LogP contribution in [0.2, 0.25) is 0 Å². The van der Waals surface area contributed by atoms with E-state index in [0.29, 0.717) is 5.13 Å². The van der Waals surface area contributed by atoms with Gasteiger partial charge in [0, 0.05) is 12.1 Å². The summed E-state index contributed by atoms with van der Waals surface area (Å²) >= 11 is 1.37. The Morgan fingerprint density at radius 2 is 2.04 bits per heavy atom. The minimum atomic E-state index is -0.618. The average molecular weight is 403 g/mol. The summed E-state index contributed by atoms with van der Waals surface area (Å²) in [5, 5.41) is 6.94. The number of carbonyl (C=O) groups excluding carboxylic acids is 1. The predicted molar refractivity (Wildman–Crippen MR) is 105 cm³/mol. The van der Waals surface area contributed by atoms with Crippen molar-refractivity contribution in [3.05, 3.63) is 53.6 Å². The van der Waals surface area contributed by atoms with Gasteiger partial charge in [-0.15, -0.1) is 0 Å². The first-order chi connectivity index (χ1) is 13.5. The minimum Gasteiger partial charge on any atom is -0.496 e. The molecule has 2 unspecified atom stereocenters. The van der Waals surface area contributed by atoms with E-state index < -0.39 is 11.7 Å². The van der Waals surface area contributed by atoms with Crippen LogP contribution in [-0.4, -0.2) is 30.1 Å². The molecule has 0 aliphatic heterocycles. The fraction of sp³-hybridized carbons (Fsp3) is 0.300. The van der Waals surface area contributed by atoms with Gasteiger partial charge in [0.25, 0.3) is 5.91 Å². The molecule has 146 valence electrons. The van der Waals surface area contributed by atoms with Gasteiger partial charge in [0.1, 0.15) is 22.9 Å². The number of anilines is 1. The Hall–Kier alpha value is -2.74. The van der Waals surface area contributed by atoms with Crippen molar-refractivity contribution in [1.82, 2.24) is 10.3 Å². The monoisotopic (exact) mass is 403 g/mol. The van der Waals surface area contributed by atoms with Gasteiger partial charge in [0.15, 0.2) is 5.13 Å². The van der Waals surface area contributed by atoms with Crippen molar-refractivity contribution in [1.29, 1.82) is 0 Å². The second-order valence-corrected chi connectivity index (χ2v) is 7.74. The standard InChI is InChI=1S/C20H19F2N3O2S/c1-27-16-7-2-4-12(22)18(16)19(26)23-13-5-3-6-14(13)24-20-25-15-9-8-11(21)10-17(15)28-20/h2,4,7-10,13-14H,3,5-6H2,1H3,(H,23,26)(H,24,25). The molecular formula is C20H19F2N3O2S. The Kier molecular flexibility index (Phi) is 5.13. The third kappa shape index (κ3) is 3.64. The van der Waals surface area contributed by atoms with Crippen molar-refractivity contribution in [2.24, 2.45) is 0 Å². The molecule has 28 heavy (non-hydrogen) atoms. The van der Waals surface area contributed by atoms with Crippen molar-refractivity contribution in [2.45, 2.75) is 31.3 Å². The van der Waals surface area contributed by atoms with E-state index in [1.165, 1.54) is 42.7 Å². The number of halogens is 2. The number of ether oxygens (including phenoxy) is 1. The van der Waals surface area contributed by atoms with Crippen LogP contribution in [0.4, 0.5) is 13.9 Å². The second kappa shape index (κ2) is 7.71. The molecule has 2 aromatic carbocycles. The molecule has 0 radical (unpaired) electrons. The molecule has 2 atom stereocenters. The Morgan fingerprint density at radius 1 is 1.21 bits per heavy atom. The summed E-state index contributed by atoms with van der Waals surface area (Å²) < 4.78 is 33.4. The van der Waals surface area contributed by atoms with Crippen LogP contribution in [0.15, 0.2) is 36.4 Å². The van der Waals surface area contributed by atoms with Crippen LogP contribution < -0.4 is 15.4 Å². The topological polar surface area (TPSA) is 63.2 Å². The number of nitrogens with zero attached hydrogens (tertiary/aromatic N) is 1. The van der Waals surface area contributed by atoms with Crippen LogP contribution in [0.5, 0.6) is 5.75 Å². The number of methoxy groups -OCH3 is 1. The first kappa shape index (κ1) is 18.6. The third-order valence-corrected chi connectivity index (χ3v) is 5.86. The number of thiazole rings is 1. The Morgan fingerprint density at radius 3 is 2.86 bits per heavy atom. The Bertz CT molecular complexity index is 1020. The van der Waals surface area contributed by atoms with Crippen molar-refractivity contribution in [3.8, 4) is 5.75 Å². The van der Waals surface area contributed by atoms with E-state index in [4.69, 9.17) is 4.74 Å². The van der Waals surface area contributed by atoms with Gasteiger partial charge in [-0.25, -0.2) is 13.8 Å². The maximum Gasteiger partial charge on any atom is 0.258 e. The molecule has 1 fully saturated rings. The molecule has 8 heteroatoms. The summed E-state index contributed by atoms with van der Waals surface area (Å²) in [5.41, 5.74) is 0.634. The fourth-order valence-electron chi connectivity index (χ4n) is 3.56. The summed E-state index contributed by atoms with van der Waals surface area (Å²) in [6, 6.07) is 8.58. The van der Waals surface area contributed by atoms with Gasteiger partial charge >= 0.3 is 0 Å². The summed E-state index contributed by atoms with van der Waals surface area (Å²) in [5.74, 6) is -1.21. The Balaban J connectivity index is 1.50. The van der Waals surface area contributed by atoms with Crippen LogP contribution in [0.25, 0.3) is 10.2 Å². The first-order valence-electron chi connectivity index (χ1n) is 9.01. The highest BCUT2D eigenvalue weighted by atomic mass is 32.1. The lowest BCUT2D eigenvalue weighted by Gasteiger charge is -2.22. The van der Waals surface area contributed by atoms with Crippen LogP contribution in [0.1, 0.15) is 29.6 Å². The average Bonchev–Trinajstić information content (AvgIpc) is 3.27. The van der Waals surface area contributed by atoms with E-state index in [0.717, 1.165) is 29.5 Å². The number of hydrogen-bond acceptors (Lipinski definition) is 5. The quantitative estimate of drug-likeness (QED) is 0.665. The van der Waals surface area contributed by atoms with Gasteiger partial charge in [0.05, 0.1) is 17.3 Å². The van der Waals surface area contributed by atoms with Crippen LogP contribution in [0.3, 0.4) is 0 Å². The molecule has 3 aromatic rings. The van der Waals surface area contributed by atoms with Crippen LogP contribution >= 0.6 is 11.3 Å². The molecule has 1 heterocycles. The van der Waals surface area contributed by atoms with E-state index in [9.17, 15) is 13.6 Å². The largest absolute Gasteiger partial charge is 0.496 e. The second-order valence-electron chi connectivity index (χ2n) is 6.71. The van der Waals surface area contributed by atoms with E-state index in [1.807, 2.05) is 0 Å². The molecule has 1 amide bonds. The van der Waals surface area contributed by atoms with E-state index in [1.54, 1.807) is 12.1 Å². The van der Waals surface area contributed by atoms with Gasteiger partial charge in [0.2, 0.25) is 0 Å². The molecule has 0 saturated heterocycles. The number of benzene rings is 2. The highest BCUT2D eigenvalue weighted by molar-refractivity contribution is 7.22. The molecule has 2 N–H and O–H groups in total. The normalized spacial score (nSPS) is 19.0. The number of aromatic nitrogens is 1. The molecule has 0 spiro atoms. The zero-order chi connectivity index (χ0) is 19.7. The molecule has 1 saturated carbocycles. The van der Waals surface area contributed by atoms with Gasteiger partial charge in [-0.3, -0.25) is 4.79 Å². The predicted octanol–water partition coefficient (Wildman–Crippen LogP) is 4.35. The number of rotatable bonds is 5. The molecule has 1 aliphatic carbocycles. The zero-order valence-corrected chi connectivity index (χ0v) is 16.0. The number of nitrogens with one attached hydrogen (secondary N) is 2. The lowest BCUT2D eigenvalue weighted by molar-refractivity contribution is 0.0928. The van der Waals surface area contributed by atoms with Crippen molar-refractivity contribution >= 4 is 32.6 Å². The molecule has 5 nitrogen and oxygen atoms in total. The van der Waals surface area contributed by atoms with Crippen molar-refractivity contribution in [3.63, 3.8) is 0 Å². The van der Waals surface area contributed by atoms with E-state index >= 15 is 0 Å². The number of fused-ring (bicyclic) bond motifs is 1. The summed E-state index contributed by atoms with van der Waals surface area (Å²) in [4.78, 5) is 17.1. The summed E-state index contributed by atoms with van der Waals surface area (Å²) in [6.45, 7) is 0. The number of carbonyl (C=O) groups is 1. The molecule has 4 rings (SSSR count).